The molecule has 1 saturated heterocycles. The van der Waals surface area contributed by atoms with E-state index in [2.05, 4.69) is 10.1 Å². The fourth-order valence-electron chi connectivity index (χ4n) is 4.53. The predicted molar refractivity (Wildman–Crippen MR) is 113 cm³/mol. The third-order valence-electron chi connectivity index (χ3n) is 6.11. The minimum absolute atomic E-state index is 0.0322. The van der Waals surface area contributed by atoms with Crippen LogP contribution in [0.25, 0.3) is 0 Å². The van der Waals surface area contributed by atoms with Crippen LogP contribution in [0.4, 0.5) is 17.6 Å². The summed E-state index contributed by atoms with van der Waals surface area (Å²) in [6.45, 7) is 7.18. The van der Waals surface area contributed by atoms with Gasteiger partial charge in [0.25, 0.3) is 5.91 Å². The Morgan fingerprint density at radius 2 is 1.81 bits per heavy atom. The molecule has 1 fully saturated rings. The number of aromatic nitrogens is 2. The molecule has 1 aromatic carbocycles. The van der Waals surface area contributed by atoms with Crippen molar-refractivity contribution in [3.8, 4) is 0 Å². The van der Waals surface area contributed by atoms with E-state index in [9.17, 15) is 22.4 Å². The predicted octanol–water partition coefficient (Wildman–Crippen LogP) is 4.79. The molecule has 0 radical (unpaired) electrons. The van der Waals surface area contributed by atoms with E-state index in [1.807, 2.05) is 25.5 Å². The monoisotopic (exact) mass is 450 g/mol. The van der Waals surface area contributed by atoms with Crippen molar-refractivity contribution in [3.05, 3.63) is 52.1 Å². The van der Waals surface area contributed by atoms with Crippen LogP contribution in [-0.2, 0) is 18.1 Å². The maximum atomic E-state index is 13.7. The lowest BCUT2D eigenvalue weighted by atomic mass is 9.86. The van der Waals surface area contributed by atoms with Gasteiger partial charge in [0.15, 0.2) is 5.69 Å². The summed E-state index contributed by atoms with van der Waals surface area (Å²) in [5.74, 6) is -1.36. The van der Waals surface area contributed by atoms with Crippen molar-refractivity contribution < 1.29 is 22.4 Å². The molecule has 32 heavy (non-hydrogen) atoms. The van der Waals surface area contributed by atoms with Crippen LogP contribution in [0.3, 0.4) is 0 Å². The molecule has 0 N–H and O–H groups in total. The van der Waals surface area contributed by atoms with E-state index in [1.165, 1.54) is 0 Å². The van der Waals surface area contributed by atoms with Crippen LogP contribution in [0.15, 0.2) is 23.2 Å². The average Bonchev–Trinajstić information content (AvgIpc) is 3.12. The number of amides is 1. The molecule has 2 aromatic rings. The molecule has 9 heteroatoms. The van der Waals surface area contributed by atoms with Crippen molar-refractivity contribution in [2.75, 3.05) is 19.6 Å². The van der Waals surface area contributed by atoms with Gasteiger partial charge in [0.2, 0.25) is 0 Å². The number of hydrogen-bond donors (Lipinski definition) is 0. The fraction of sp³-hybridized carbons (Fsp3) is 0.522. The van der Waals surface area contributed by atoms with Gasteiger partial charge in [-0.05, 0) is 69.7 Å². The summed E-state index contributed by atoms with van der Waals surface area (Å²) in [7, 11) is 0. The number of carbonyl (C=O) groups is 1. The van der Waals surface area contributed by atoms with Crippen LogP contribution in [0.1, 0.15) is 72.4 Å². The van der Waals surface area contributed by atoms with Crippen molar-refractivity contribution in [2.24, 2.45) is 4.99 Å². The highest BCUT2D eigenvalue weighted by Gasteiger charge is 2.37. The third kappa shape index (κ3) is 4.17. The summed E-state index contributed by atoms with van der Waals surface area (Å²) < 4.78 is 55.8. The third-order valence-corrected chi connectivity index (χ3v) is 6.11. The van der Waals surface area contributed by atoms with Crippen LogP contribution in [-0.4, -0.2) is 46.4 Å². The average molecular weight is 450 g/mol. The van der Waals surface area contributed by atoms with Gasteiger partial charge in [-0.1, -0.05) is 0 Å². The molecule has 0 atom stereocenters. The zero-order valence-corrected chi connectivity index (χ0v) is 18.3. The van der Waals surface area contributed by atoms with Gasteiger partial charge in [0.05, 0.1) is 16.8 Å². The van der Waals surface area contributed by atoms with E-state index in [1.54, 1.807) is 11.1 Å². The lowest BCUT2D eigenvalue weighted by Crippen LogP contribution is -2.39. The number of fused-ring (bicyclic) bond motifs is 1. The van der Waals surface area contributed by atoms with Crippen LogP contribution >= 0.6 is 0 Å². The molecule has 0 aliphatic carbocycles. The van der Waals surface area contributed by atoms with Crippen LogP contribution in [0, 0.1) is 5.82 Å². The molecule has 1 amide bonds. The second-order valence-electron chi connectivity index (χ2n) is 9.38. The second kappa shape index (κ2) is 8.01. The normalized spacial score (nSPS) is 17.5. The molecule has 3 heterocycles. The maximum absolute atomic E-state index is 13.7. The Morgan fingerprint density at radius 1 is 1.12 bits per heavy atom. The topological polar surface area (TPSA) is 50.5 Å². The Labute approximate surface area is 184 Å². The summed E-state index contributed by atoms with van der Waals surface area (Å²) in [6.07, 6.45) is -1.50. The first kappa shape index (κ1) is 22.5. The number of alkyl halides is 3. The van der Waals surface area contributed by atoms with E-state index in [0.717, 1.165) is 29.5 Å². The van der Waals surface area contributed by atoms with Gasteiger partial charge in [0.1, 0.15) is 5.82 Å². The van der Waals surface area contributed by atoms with Crippen molar-refractivity contribution in [1.82, 2.24) is 14.7 Å². The zero-order valence-electron chi connectivity index (χ0n) is 18.3. The lowest BCUT2D eigenvalue weighted by molar-refractivity contribution is -0.138. The molecular weight excluding hydrogens is 424 g/mol. The van der Waals surface area contributed by atoms with Crippen LogP contribution in [0.5, 0.6) is 0 Å². The van der Waals surface area contributed by atoms with Gasteiger partial charge in [-0.25, -0.2) is 4.39 Å². The van der Waals surface area contributed by atoms with E-state index >= 15 is 0 Å². The van der Waals surface area contributed by atoms with Gasteiger partial charge in [-0.3, -0.25) is 14.5 Å². The number of piperidine rings is 1. The first-order valence-electron chi connectivity index (χ1n) is 10.7. The number of halogens is 4. The van der Waals surface area contributed by atoms with E-state index in [4.69, 9.17) is 0 Å². The molecule has 4 rings (SSSR count). The standard InChI is InChI=1S/C23H26F4N4O/c1-22(2,3)31-19-13-28-9-6-16(19)20(29-31)21(32)30-10-7-14(8-11-30)17-12-15(24)4-5-18(17)23(25,26)27/h4-5,12-14H,6-11H2,1-3H3. The Balaban J connectivity index is 1.56. The Bertz CT molecular complexity index is 1060. The Morgan fingerprint density at radius 3 is 2.44 bits per heavy atom. The van der Waals surface area contributed by atoms with Crippen LogP contribution < -0.4 is 0 Å². The molecular formula is C23H26F4N4O. The molecule has 0 spiro atoms. The van der Waals surface area contributed by atoms with Crippen LogP contribution in [0.2, 0.25) is 0 Å². The van der Waals surface area contributed by atoms with Gasteiger partial charge in [-0.15, -0.1) is 0 Å². The molecule has 0 unspecified atom stereocenters. The summed E-state index contributed by atoms with van der Waals surface area (Å²) in [6, 6.07) is 2.61. The number of hydrogen-bond acceptors (Lipinski definition) is 3. The zero-order chi connectivity index (χ0) is 23.3. The number of carbonyl (C=O) groups excluding carboxylic acids is 1. The van der Waals surface area contributed by atoms with Gasteiger partial charge in [0, 0.05) is 31.4 Å². The second-order valence-corrected chi connectivity index (χ2v) is 9.38. The number of aliphatic imine (C=N–C) groups is 1. The van der Waals surface area contributed by atoms with Gasteiger partial charge < -0.3 is 4.90 Å². The van der Waals surface area contributed by atoms with Crippen molar-refractivity contribution in [1.29, 1.82) is 0 Å². The van der Waals surface area contributed by atoms with E-state index in [0.29, 0.717) is 44.6 Å². The smallest absolute Gasteiger partial charge is 0.337 e. The lowest BCUT2D eigenvalue weighted by Gasteiger charge is -2.33. The summed E-state index contributed by atoms with van der Waals surface area (Å²) >= 11 is 0. The molecule has 2 aliphatic heterocycles. The molecule has 5 nitrogen and oxygen atoms in total. The SMILES string of the molecule is CC(C)(C)n1nc(C(=O)N2CCC(c3cc(F)ccc3C(F)(F)F)CC2)c2c1C=NCC2. The molecule has 0 saturated carbocycles. The minimum atomic E-state index is -4.55. The largest absolute Gasteiger partial charge is 0.416 e. The fourth-order valence-corrected chi connectivity index (χ4v) is 4.53. The Kier molecular flexibility index (Phi) is 5.63. The number of benzene rings is 1. The highest BCUT2D eigenvalue weighted by molar-refractivity contribution is 5.97. The van der Waals surface area contributed by atoms with E-state index in [-0.39, 0.29) is 17.0 Å². The number of nitrogens with zero attached hydrogens (tertiary/aromatic N) is 4. The number of likely N-dealkylation sites (tertiary alicyclic amines) is 1. The highest BCUT2D eigenvalue weighted by atomic mass is 19.4. The quantitative estimate of drug-likeness (QED) is 0.618. The van der Waals surface area contributed by atoms with Crippen molar-refractivity contribution >= 4 is 12.1 Å². The molecule has 1 aromatic heterocycles. The minimum Gasteiger partial charge on any atom is -0.337 e. The Hall–Kier alpha value is -2.71. The number of rotatable bonds is 2. The molecule has 172 valence electrons. The van der Waals surface area contributed by atoms with Crippen molar-refractivity contribution in [2.45, 2.75) is 57.7 Å². The first-order chi connectivity index (χ1) is 15.0. The van der Waals surface area contributed by atoms with E-state index < -0.39 is 23.5 Å². The summed E-state index contributed by atoms with van der Waals surface area (Å²) in [5, 5.41) is 4.61. The van der Waals surface area contributed by atoms with Gasteiger partial charge in [-0.2, -0.15) is 18.3 Å². The van der Waals surface area contributed by atoms with Gasteiger partial charge >= 0.3 is 6.18 Å². The maximum Gasteiger partial charge on any atom is 0.416 e. The summed E-state index contributed by atoms with van der Waals surface area (Å²) in [5.41, 5.74) is 0.921. The van der Waals surface area contributed by atoms with Crippen molar-refractivity contribution in [3.63, 3.8) is 0 Å². The highest BCUT2D eigenvalue weighted by Crippen LogP contribution is 2.39. The molecule has 0 bridgehead atoms. The summed E-state index contributed by atoms with van der Waals surface area (Å²) in [4.78, 5) is 19.3. The molecule has 2 aliphatic rings. The first-order valence-corrected chi connectivity index (χ1v) is 10.7.